The molecule has 0 saturated carbocycles. The number of pyridine rings is 1. The first-order valence-corrected chi connectivity index (χ1v) is 11.5. The number of nitrogens with one attached hydrogen (secondary N) is 3. The zero-order valence-electron chi connectivity index (χ0n) is 19.3. The molecule has 2 aromatic carbocycles. The van der Waals surface area contributed by atoms with Crippen molar-refractivity contribution in [3.05, 3.63) is 82.5 Å². The third-order valence-electron chi connectivity index (χ3n) is 5.23. The zero-order valence-corrected chi connectivity index (χ0v) is 20.1. The number of anilines is 3. The monoisotopic (exact) mass is 478 g/mol. The molecule has 0 radical (unpaired) electrons. The predicted octanol–water partition coefficient (Wildman–Crippen LogP) is 5.72. The van der Waals surface area contributed by atoms with Crippen molar-refractivity contribution in [1.82, 2.24) is 10.3 Å². The first-order valence-electron chi connectivity index (χ1n) is 11.1. The van der Waals surface area contributed by atoms with Crippen molar-refractivity contribution in [3.8, 4) is 0 Å². The Morgan fingerprint density at radius 2 is 1.65 bits per heavy atom. The highest BCUT2D eigenvalue weighted by molar-refractivity contribution is 6.33. The Kier molecular flexibility index (Phi) is 6.75. The normalized spacial score (nSPS) is 13.2. The first kappa shape index (κ1) is 23.6. The highest BCUT2D eigenvalue weighted by Crippen LogP contribution is 2.27. The number of hydrogen-bond acceptors (Lipinski definition) is 5. The van der Waals surface area contributed by atoms with E-state index in [0.29, 0.717) is 22.2 Å². The fourth-order valence-electron chi connectivity index (χ4n) is 3.83. The van der Waals surface area contributed by atoms with Crippen LogP contribution in [0.3, 0.4) is 0 Å². The van der Waals surface area contributed by atoms with E-state index in [1.807, 2.05) is 24.3 Å². The summed E-state index contributed by atoms with van der Waals surface area (Å²) in [5, 5.41) is 9.38. The van der Waals surface area contributed by atoms with Gasteiger partial charge in [-0.25, -0.2) is 9.78 Å². The van der Waals surface area contributed by atoms with E-state index >= 15 is 0 Å². The van der Waals surface area contributed by atoms with E-state index in [0.717, 1.165) is 12.8 Å². The van der Waals surface area contributed by atoms with Crippen LogP contribution in [0, 0.1) is 0 Å². The van der Waals surface area contributed by atoms with Gasteiger partial charge in [-0.05, 0) is 62.9 Å². The molecule has 0 atom stereocenters. The smallest absolute Gasteiger partial charge is 0.412 e. The van der Waals surface area contributed by atoms with Crippen LogP contribution < -0.4 is 16.0 Å². The van der Waals surface area contributed by atoms with E-state index in [2.05, 4.69) is 33.1 Å². The van der Waals surface area contributed by atoms with E-state index < -0.39 is 11.7 Å². The van der Waals surface area contributed by atoms with Crippen LogP contribution in [0.25, 0.3) is 0 Å². The number of halogens is 1. The lowest BCUT2D eigenvalue weighted by Crippen LogP contribution is -2.36. The molecule has 34 heavy (non-hydrogen) atoms. The number of carbonyl (C=O) groups is 2. The minimum absolute atomic E-state index is 0.0193. The van der Waals surface area contributed by atoms with Crippen LogP contribution in [0.15, 0.2) is 60.7 Å². The second-order valence-electron chi connectivity index (χ2n) is 9.21. The highest BCUT2D eigenvalue weighted by atomic mass is 35.5. The van der Waals surface area contributed by atoms with Crippen LogP contribution in [0.5, 0.6) is 0 Å². The molecular weight excluding hydrogens is 452 g/mol. The number of nitrogens with zero attached hydrogens (tertiary/aromatic N) is 1. The number of hydrogen-bond donors (Lipinski definition) is 3. The van der Waals surface area contributed by atoms with Crippen molar-refractivity contribution >= 4 is 40.8 Å². The first-order chi connectivity index (χ1) is 16.2. The summed E-state index contributed by atoms with van der Waals surface area (Å²) in [6, 6.07) is 18.5. The number of fused-ring (bicyclic) bond motifs is 1. The lowest BCUT2D eigenvalue weighted by atomic mass is 10.1. The average molecular weight is 479 g/mol. The van der Waals surface area contributed by atoms with Crippen molar-refractivity contribution in [3.63, 3.8) is 0 Å². The molecule has 2 amide bonds. The minimum Gasteiger partial charge on any atom is -0.444 e. The number of benzene rings is 2. The van der Waals surface area contributed by atoms with Gasteiger partial charge in [-0.15, -0.1) is 0 Å². The Balaban J connectivity index is 1.56. The maximum absolute atomic E-state index is 13.1. The molecule has 0 aliphatic heterocycles. The molecule has 3 N–H and O–H groups in total. The number of para-hydroxylation sites is 1. The van der Waals surface area contributed by atoms with Gasteiger partial charge in [0.1, 0.15) is 17.1 Å². The maximum Gasteiger partial charge on any atom is 0.412 e. The van der Waals surface area contributed by atoms with Gasteiger partial charge in [0.15, 0.2) is 0 Å². The Bertz CT molecular complexity index is 1200. The third kappa shape index (κ3) is 6.05. The number of carbonyl (C=O) groups excluding carboxylic acids is 2. The van der Waals surface area contributed by atoms with Gasteiger partial charge in [0.25, 0.3) is 5.91 Å². The molecule has 0 saturated heterocycles. The molecular formula is C26H27ClN4O3. The summed E-state index contributed by atoms with van der Waals surface area (Å²) in [5.41, 5.74) is 2.98. The summed E-state index contributed by atoms with van der Waals surface area (Å²) < 4.78 is 5.35. The molecule has 7 nitrogen and oxygen atoms in total. The van der Waals surface area contributed by atoms with E-state index in [9.17, 15) is 9.59 Å². The summed E-state index contributed by atoms with van der Waals surface area (Å²) >= 11 is 6.27. The molecule has 0 unspecified atom stereocenters. The summed E-state index contributed by atoms with van der Waals surface area (Å²) in [4.78, 5) is 29.9. The zero-order chi connectivity index (χ0) is 24.3. The van der Waals surface area contributed by atoms with E-state index in [1.54, 1.807) is 39.0 Å². The van der Waals surface area contributed by atoms with Gasteiger partial charge in [-0.1, -0.05) is 48.0 Å². The van der Waals surface area contributed by atoms with Crippen LogP contribution in [0.2, 0.25) is 5.02 Å². The fraction of sp³-hybridized carbons (Fsp3) is 0.269. The molecule has 0 bridgehead atoms. The van der Waals surface area contributed by atoms with E-state index in [-0.39, 0.29) is 17.6 Å². The maximum atomic E-state index is 13.1. The van der Waals surface area contributed by atoms with Crippen molar-refractivity contribution in [2.45, 2.75) is 45.3 Å². The van der Waals surface area contributed by atoms with Gasteiger partial charge in [0.05, 0.1) is 16.4 Å². The van der Waals surface area contributed by atoms with Gasteiger partial charge in [-0.2, -0.15) is 0 Å². The van der Waals surface area contributed by atoms with Crippen LogP contribution in [-0.2, 0) is 17.6 Å². The molecule has 1 aliphatic rings. The van der Waals surface area contributed by atoms with Crippen LogP contribution >= 0.6 is 11.6 Å². The molecule has 0 spiro atoms. The molecule has 1 aliphatic carbocycles. The van der Waals surface area contributed by atoms with Gasteiger partial charge >= 0.3 is 6.09 Å². The lowest BCUT2D eigenvalue weighted by molar-refractivity contribution is 0.0635. The van der Waals surface area contributed by atoms with E-state index in [1.165, 1.54) is 17.2 Å². The van der Waals surface area contributed by atoms with Gasteiger partial charge < -0.3 is 15.4 Å². The number of ether oxygens (including phenoxy) is 1. The Morgan fingerprint density at radius 3 is 2.29 bits per heavy atom. The highest BCUT2D eigenvalue weighted by Gasteiger charge is 2.24. The molecule has 8 heteroatoms. The average Bonchev–Trinajstić information content (AvgIpc) is 3.16. The summed E-state index contributed by atoms with van der Waals surface area (Å²) in [6.45, 7) is 5.34. The Morgan fingerprint density at radius 1 is 1.00 bits per heavy atom. The van der Waals surface area contributed by atoms with E-state index in [4.69, 9.17) is 16.3 Å². The van der Waals surface area contributed by atoms with Crippen molar-refractivity contribution in [2.75, 3.05) is 10.6 Å². The molecule has 176 valence electrons. The van der Waals surface area contributed by atoms with Crippen LogP contribution in [0.1, 0.15) is 42.4 Å². The lowest BCUT2D eigenvalue weighted by Gasteiger charge is -2.20. The SMILES string of the molecule is CC(C)(C)OC(=O)Nc1cc(Nc2ccccc2Cl)nc(C(=O)NC2Cc3ccccc3C2)c1. The van der Waals surface area contributed by atoms with Crippen molar-refractivity contribution < 1.29 is 14.3 Å². The predicted molar refractivity (Wildman–Crippen MR) is 134 cm³/mol. The molecule has 3 aromatic rings. The third-order valence-corrected chi connectivity index (χ3v) is 5.56. The second-order valence-corrected chi connectivity index (χ2v) is 9.61. The molecule has 0 fully saturated rings. The fourth-order valence-corrected chi connectivity index (χ4v) is 4.01. The number of amides is 2. The number of aromatic nitrogens is 1. The largest absolute Gasteiger partial charge is 0.444 e. The summed E-state index contributed by atoms with van der Waals surface area (Å²) in [5.74, 6) is 0.0365. The molecule has 4 rings (SSSR count). The molecule has 1 aromatic heterocycles. The summed E-state index contributed by atoms with van der Waals surface area (Å²) in [6.07, 6.45) is 0.908. The van der Waals surface area contributed by atoms with Crippen molar-refractivity contribution in [1.29, 1.82) is 0 Å². The van der Waals surface area contributed by atoms with Crippen LogP contribution in [-0.4, -0.2) is 28.6 Å². The standard InChI is InChI=1S/C26H27ClN4O3/c1-26(2,3)34-25(33)29-19-14-22(31-23(15-19)30-21-11-7-6-10-20(21)27)24(32)28-18-12-16-8-4-5-9-17(16)13-18/h4-11,14-15,18H,12-13H2,1-3H3,(H,28,32)(H2,29,30,31,33). The Hall–Kier alpha value is -3.58. The molecule has 1 heterocycles. The van der Waals surface area contributed by atoms with Gasteiger partial charge in [0, 0.05) is 12.1 Å². The second kappa shape index (κ2) is 9.73. The topological polar surface area (TPSA) is 92.3 Å². The Labute approximate surface area is 203 Å². The van der Waals surface area contributed by atoms with Crippen LogP contribution in [0.4, 0.5) is 22.0 Å². The van der Waals surface area contributed by atoms with Gasteiger partial charge in [0.2, 0.25) is 0 Å². The van der Waals surface area contributed by atoms with Gasteiger partial charge in [-0.3, -0.25) is 10.1 Å². The van der Waals surface area contributed by atoms with Crippen molar-refractivity contribution in [2.24, 2.45) is 0 Å². The quantitative estimate of drug-likeness (QED) is 0.436. The minimum atomic E-state index is -0.659. The number of rotatable bonds is 5. The summed E-state index contributed by atoms with van der Waals surface area (Å²) in [7, 11) is 0.